The van der Waals surface area contributed by atoms with Crippen molar-refractivity contribution in [2.24, 2.45) is 4.99 Å². The Morgan fingerprint density at radius 2 is 1.89 bits per heavy atom. The first kappa shape index (κ1) is 18.0. The Kier molecular flexibility index (Phi) is 4.96. The Hall–Kier alpha value is -2.09. The van der Waals surface area contributed by atoms with Gasteiger partial charge in [-0.05, 0) is 37.5 Å². The Morgan fingerprint density at radius 1 is 1.04 bits per heavy atom. The zero-order valence-electron chi connectivity index (χ0n) is 16.0. The maximum atomic E-state index is 11.2. The van der Waals surface area contributed by atoms with Crippen LogP contribution in [-0.4, -0.2) is 67.6 Å². The third-order valence-corrected chi connectivity index (χ3v) is 5.91. The number of rotatable bonds is 4. The lowest BCUT2D eigenvalue weighted by molar-refractivity contribution is 0.0904. The third kappa shape index (κ3) is 3.27. The summed E-state index contributed by atoms with van der Waals surface area (Å²) in [6, 6.07) is 6.91. The van der Waals surface area contributed by atoms with E-state index >= 15 is 0 Å². The maximum absolute atomic E-state index is 11.2. The van der Waals surface area contributed by atoms with Crippen molar-refractivity contribution in [3.05, 3.63) is 23.8 Å². The zero-order valence-corrected chi connectivity index (χ0v) is 16.0. The van der Waals surface area contributed by atoms with Gasteiger partial charge in [0.1, 0.15) is 0 Å². The molecule has 28 heavy (non-hydrogen) atoms. The van der Waals surface area contributed by atoms with E-state index in [2.05, 4.69) is 28.5 Å². The van der Waals surface area contributed by atoms with Crippen LogP contribution in [0.25, 0.3) is 10.9 Å². The fraction of sp³-hybridized carbons (Fsp3) is 0.571. The number of hydrogen-bond acceptors (Lipinski definition) is 6. The van der Waals surface area contributed by atoms with Crippen molar-refractivity contribution in [1.29, 1.82) is 0 Å². The van der Waals surface area contributed by atoms with Crippen molar-refractivity contribution in [2.75, 3.05) is 51.5 Å². The number of aromatic hydroxyl groups is 1. The minimum Gasteiger partial charge on any atom is -0.494 e. The number of nitrogens with one attached hydrogen (secondary N) is 1. The van der Waals surface area contributed by atoms with Crippen LogP contribution in [-0.2, 0) is 14.2 Å². The average molecular weight is 385 g/mol. The molecule has 2 aromatic rings. The molecular weight excluding hydrogens is 358 g/mol. The van der Waals surface area contributed by atoms with Crippen LogP contribution in [0.2, 0.25) is 0 Å². The monoisotopic (exact) mass is 385 g/mol. The molecule has 1 aromatic heterocycles. The summed E-state index contributed by atoms with van der Waals surface area (Å²) in [5, 5.41) is 15.8. The lowest BCUT2D eigenvalue weighted by Crippen LogP contribution is -2.27. The molecule has 1 aromatic carbocycles. The van der Waals surface area contributed by atoms with Gasteiger partial charge >= 0.3 is 0 Å². The van der Waals surface area contributed by atoms with Gasteiger partial charge in [-0.15, -0.1) is 0 Å². The van der Waals surface area contributed by atoms with E-state index in [9.17, 15) is 5.11 Å². The molecule has 4 heterocycles. The normalized spacial score (nSPS) is 23.9. The number of fused-ring (bicyclic) bond motifs is 1. The van der Waals surface area contributed by atoms with E-state index in [0.717, 1.165) is 66.9 Å². The van der Waals surface area contributed by atoms with Gasteiger partial charge in [0.05, 0.1) is 49.2 Å². The van der Waals surface area contributed by atoms with E-state index in [-0.39, 0.29) is 11.9 Å². The summed E-state index contributed by atoms with van der Waals surface area (Å²) >= 11 is 0. The number of aliphatic imine (C=N–C) groups is 1. The molecule has 2 saturated heterocycles. The van der Waals surface area contributed by atoms with Gasteiger partial charge in [-0.1, -0.05) is 0 Å². The highest BCUT2D eigenvalue weighted by Gasteiger charge is 2.28. The third-order valence-electron chi connectivity index (χ3n) is 5.91. The molecule has 0 radical (unpaired) electrons. The second-order valence-corrected chi connectivity index (χ2v) is 7.73. The fourth-order valence-electron chi connectivity index (χ4n) is 4.46. The molecule has 0 saturated carbocycles. The molecule has 5 rings (SSSR count). The molecule has 2 fully saturated rings. The van der Waals surface area contributed by atoms with Crippen LogP contribution in [0.5, 0.6) is 5.88 Å². The summed E-state index contributed by atoms with van der Waals surface area (Å²) in [7, 11) is 0. The first-order valence-corrected chi connectivity index (χ1v) is 10.2. The van der Waals surface area contributed by atoms with Crippen molar-refractivity contribution in [3.8, 4) is 5.88 Å². The van der Waals surface area contributed by atoms with Crippen LogP contribution in [0.3, 0.4) is 0 Å². The zero-order chi connectivity index (χ0) is 18.9. The van der Waals surface area contributed by atoms with Crippen molar-refractivity contribution >= 4 is 22.3 Å². The fourth-order valence-corrected chi connectivity index (χ4v) is 4.46. The number of anilines is 1. The largest absolute Gasteiger partial charge is 0.494 e. The van der Waals surface area contributed by atoms with Gasteiger partial charge in [-0.25, -0.2) is 0 Å². The Labute approximate surface area is 164 Å². The first-order chi connectivity index (χ1) is 13.8. The van der Waals surface area contributed by atoms with E-state index < -0.39 is 0 Å². The lowest BCUT2D eigenvalue weighted by atomic mass is 10.1. The summed E-state index contributed by atoms with van der Waals surface area (Å²) in [5.74, 6) is 0.276. The van der Waals surface area contributed by atoms with Crippen molar-refractivity contribution in [2.45, 2.75) is 31.3 Å². The molecule has 150 valence electrons. The molecule has 3 aliphatic heterocycles. The predicted octanol–water partition coefficient (Wildman–Crippen LogP) is 2.72. The van der Waals surface area contributed by atoms with E-state index in [0.29, 0.717) is 32.4 Å². The van der Waals surface area contributed by atoms with E-state index in [1.807, 2.05) is 4.57 Å². The van der Waals surface area contributed by atoms with Crippen LogP contribution in [0, 0.1) is 0 Å². The van der Waals surface area contributed by atoms with Gasteiger partial charge in [-0.2, -0.15) is 0 Å². The SMILES string of the molecule is Oc1c(C2=NCCOC2)c2cc(NC3CCOCC3)ccc2n1C1CCOC1. The Balaban J connectivity index is 1.58. The number of hydrogen-bond donors (Lipinski definition) is 2. The lowest BCUT2D eigenvalue weighted by Gasteiger charge is -2.24. The van der Waals surface area contributed by atoms with Gasteiger partial charge < -0.3 is 29.2 Å². The van der Waals surface area contributed by atoms with Crippen LogP contribution < -0.4 is 5.32 Å². The minimum absolute atomic E-state index is 0.149. The van der Waals surface area contributed by atoms with Crippen LogP contribution in [0.4, 0.5) is 5.69 Å². The molecule has 0 spiro atoms. The highest BCUT2D eigenvalue weighted by atomic mass is 16.5. The summed E-state index contributed by atoms with van der Waals surface area (Å²) in [6.07, 6.45) is 2.93. The van der Waals surface area contributed by atoms with E-state index in [4.69, 9.17) is 14.2 Å². The Bertz CT molecular complexity index is 879. The quantitative estimate of drug-likeness (QED) is 0.846. The number of ether oxygens (including phenoxy) is 3. The average Bonchev–Trinajstić information content (AvgIpc) is 3.34. The number of benzene rings is 1. The summed E-state index contributed by atoms with van der Waals surface area (Å²) < 4.78 is 18.7. The van der Waals surface area contributed by atoms with Crippen molar-refractivity contribution < 1.29 is 19.3 Å². The predicted molar refractivity (Wildman–Crippen MR) is 108 cm³/mol. The van der Waals surface area contributed by atoms with E-state index in [1.54, 1.807) is 0 Å². The minimum atomic E-state index is 0.149. The second-order valence-electron chi connectivity index (χ2n) is 7.73. The molecular formula is C21H27N3O4. The smallest absolute Gasteiger partial charge is 0.201 e. The van der Waals surface area contributed by atoms with Gasteiger partial charge in [0.2, 0.25) is 5.88 Å². The van der Waals surface area contributed by atoms with Crippen molar-refractivity contribution in [1.82, 2.24) is 4.57 Å². The van der Waals surface area contributed by atoms with Crippen LogP contribution in [0.15, 0.2) is 23.2 Å². The highest BCUT2D eigenvalue weighted by molar-refractivity contribution is 6.14. The van der Waals surface area contributed by atoms with Gasteiger partial charge in [0, 0.05) is 36.9 Å². The topological polar surface area (TPSA) is 77.2 Å². The van der Waals surface area contributed by atoms with E-state index in [1.165, 1.54) is 0 Å². The van der Waals surface area contributed by atoms with Crippen molar-refractivity contribution in [3.63, 3.8) is 0 Å². The van der Waals surface area contributed by atoms with Crippen LogP contribution >= 0.6 is 0 Å². The maximum Gasteiger partial charge on any atom is 0.201 e. The molecule has 7 heteroatoms. The molecule has 1 unspecified atom stereocenters. The molecule has 0 amide bonds. The Morgan fingerprint density at radius 3 is 2.64 bits per heavy atom. The van der Waals surface area contributed by atoms with Gasteiger partial charge in [0.15, 0.2) is 0 Å². The first-order valence-electron chi connectivity index (χ1n) is 10.2. The summed E-state index contributed by atoms with van der Waals surface area (Å²) in [5.41, 5.74) is 3.72. The summed E-state index contributed by atoms with van der Waals surface area (Å²) in [6.45, 7) is 4.67. The molecule has 0 aliphatic carbocycles. The van der Waals surface area contributed by atoms with Gasteiger partial charge in [-0.3, -0.25) is 4.99 Å². The molecule has 2 N–H and O–H groups in total. The van der Waals surface area contributed by atoms with Crippen LogP contribution in [0.1, 0.15) is 30.9 Å². The highest BCUT2D eigenvalue weighted by Crippen LogP contribution is 2.39. The standard InChI is InChI=1S/C21H27N3O4/c25-21-20(18-13-28-10-6-22-18)17-11-15(23-14-3-7-26-8-4-14)1-2-19(17)24(21)16-5-9-27-12-16/h1-2,11,14,16,23,25H,3-10,12-13H2. The second kappa shape index (κ2) is 7.73. The molecule has 1 atom stereocenters. The molecule has 7 nitrogen and oxygen atoms in total. The molecule has 0 bridgehead atoms. The molecule has 3 aliphatic rings. The number of nitrogens with zero attached hydrogens (tertiary/aromatic N) is 2. The number of aromatic nitrogens is 1. The summed E-state index contributed by atoms with van der Waals surface area (Å²) in [4.78, 5) is 4.65. The van der Waals surface area contributed by atoms with Gasteiger partial charge in [0.25, 0.3) is 0 Å².